The van der Waals surface area contributed by atoms with Crippen molar-refractivity contribution in [2.24, 2.45) is 0 Å². The molecule has 0 saturated carbocycles. The van der Waals surface area contributed by atoms with Gasteiger partial charge in [0.2, 0.25) is 0 Å². The molecule has 1 heterocycles. The number of hydrogen-bond acceptors (Lipinski definition) is 0. The third-order valence-corrected chi connectivity index (χ3v) is 18.3. The summed E-state index contributed by atoms with van der Waals surface area (Å²) in [6.45, 7) is 0. The van der Waals surface area contributed by atoms with Crippen LogP contribution in [0, 0.1) is 0 Å². The topological polar surface area (TPSA) is 0 Å². The average Bonchev–Trinajstić information content (AvgIpc) is 2.86. The Morgan fingerprint density at radius 3 is 2.55 bits per heavy atom. The molecule has 0 nitrogen and oxygen atoms in total. The minimum absolute atomic E-state index is 0.128. The molecule has 0 N–H and O–H groups in total. The van der Waals surface area contributed by atoms with Gasteiger partial charge in [-0.3, -0.25) is 0 Å². The van der Waals surface area contributed by atoms with Crippen LogP contribution in [0.4, 0.5) is 0 Å². The van der Waals surface area contributed by atoms with E-state index in [-0.39, 0.29) is 15.8 Å². The van der Waals surface area contributed by atoms with Gasteiger partial charge in [-0.05, 0) is 0 Å². The molecule has 62 valence electrons. The molecule has 1 fully saturated rings. The second-order valence-electron chi connectivity index (χ2n) is 2.49. The number of benzene rings is 1. The molecule has 1 aliphatic heterocycles. The van der Waals surface area contributed by atoms with E-state index in [1.165, 1.54) is 4.43 Å². The van der Waals surface area contributed by atoms with Crippen molar-refractivity contribution in [1.82, 2.24) is 0 Å². The summed E-state index contributed by atoms with van der Waals surface area (Å²) in [5.41, 5.74) is 1.59. The Bertz CT molecular complexity index is 216. The zero-order chi connectivity index (χ0) is 7.52. The average molecular weight is 373 g/mol. The van der Waals surface area contributed by atoms with Crippen molar-refractivity contribution < 1.29 is 17.2 Å². The maximum atomic E-state index is 2.28. The number of rotatable bonds is 3. The molecule has 2 heteroatoms. The van der Waals surface area contributed by atoms with E-state index >= 15 is 0 Å². The molecule has 0 aliphatic carbocycles. The summed E-state index contributed by atoms with van der Waals surface area (Å²) < 4.78 is 4.83. The predicted octanol–water partition coefficient (Wildman–Crippen LogP) is -0.289. The first-order valence-electron chi connectivity index (χ1n) is 3.71. The molecule has 0 bridgehead atoms. The second kappa shape index (κ2) is 4.07. The van der Waals surface area contributed by atoms with Gasteiger partial charge in [0.1, 0.15) is 0 Å². The van der Waals surface area contributed by atoms with E-state index in [0.717, 1.165) is 0 Å². The van der Waals surface area contributed by atoms with Gasteiger partial charge in [-0.2, -0.15) is 0 Å². The summed E-state index contributed by atoms with van der Waals surface area (Å²) in [4.78, 5) is 0. The molecule has 1 aromatic rings. The van der Waals surface area contributed by atoms with Gasteiger partial charge in [0.15, 0.2) is 0 Å². The van der Waals surface area contributed by atoms with Crippen molar-refractivity contribution in [2.75, 3.05) is 8.86 Å². The summed E-state index contributed by atoms with van der Waals surface area (Å²) in [6, 6.07) is 11.0. The van der Waals surface area contributed by atoms with Crippen molar-refractivity contribution in [2.45, 2.75) is 4.43 Å². The number of alkyl halides is 3. The zero-order valence-corrected chi connectivity index (χ0v) is 10.6. The summed E-state index contributed by atoms with van der Waals surface area (Å²) >= 11 is 0.526. The predicted molar refractivity (Wildman–Crippen MR) is 53.9 cm³/mol. The van der Waals surface area contributed by atoms with Crippen molar-refractivity contribution in [1.29, 1.82) is 0 Å². The monoisotopic (exact) mass is 373 g/mol. The van der Waals surface area contributed by atoms with Crippen LogP contribution >= 0.6 is 15.8 Å². The fourth-order valence-electron chi connectivity index (χ4n) is 0.825. The van der Waals surface area contributed by atoms with Crippen molar-refractivity contribution >= 4 is 15.8 Å². The molecular formula is C9H11I2-. The molecule has 1 saturated heterocycles. The Labute approximate surface area is 81.5 Å². The van der Waals surface area contributed by atoms with Gasteiger partial charge in [-0.15, -0.1) is 0 Å². The van der Waals surface area contributed by atoms with Crippen LogP contribution in [-0.4, -0.2) is 8.86 Å². The van der Waals surface area contributed by atoms with Crippen molar-refractivity contribution in [3.8, 4) is 0 Å². The normalized spacial score (nSPS) is 18.7. The molecule has 0 unspecified atom stereocenters. The number of hydrogen-bond donors (Lipinski definition) is 0. The molecule has 1 aromatic carbocycles. The van der Waals surface area contributed by atoms with Crippen molar-refractivity contribution in [3.05, 3.63) is 35.9 Å². The fraction of sp³-hybridized carbons (Fsp3) is 0.333. The standard InChI is InChI=1S/C9H11I2/c1-2-4-9(5-3-1)8-10-11-6-7-11/h1-5H,6-8H2/q-1. The van der Waals surface area contributed by atoms with Gasteiger partial charge in [0.25, 0.3) is 0 Å². The first-order valence-corrected chi connectivity index (χ1v) is 14.6. The Hall–Kier alpha value is 0.680. The maximum absolute atomic E-state index is 2.28. The molecule has 0 spiro atoms. The molecule has 0 radical (unpaired) electrons. The van der Waals surface area contributed by atoms with Crippen LogP contribution in [0.5, 0.6) is 0 Å². The van der Waals surface area contributed by atoms with Gasteiger partial charge >= 0.3 is 82.3 Å². The van der Waals surface area contributed by atoms with Crippen LogP contribution in [-0.2, 0) is 4.43 Å². The van der Waals surface area contributed by atoms with Crippen molar-refractivity contribution in [3.63, 3.8) is 0 Å². The third kappa shape index (κ3) is 2.89. The minimum atomic E-state index is -0.128. The van der Waals surface area contributed by atoms with E-state index in [1.807, 2.05) is 0 Å². The van der Waals surface area contributed by atoms with Crippen LogP contribution in [0.25, 0.3) is 0 Å². The van der Waals surface area contributed by atoms with Gasteiger partial charge < -0.3 is 0 Å². The van der Waals surface area contributed by atoms with Crippen LogP contribution < -0.4 is 17.2 Å². The van der Waals surface area contributed by atoms with E-state index in [1.54, 1.807) is 14.4 Å². The Kier molecular flexibility index (Phi) is 3.07. The Morgan fingerprint density at radius 2 is 1.91 bits per heavy atom. The summed E-state index contributed by atoms with van der Waals surface area (Å²) in [5.74, 6) is 0. The van der Waals surface area contributed by atoms with Gasteiger partial charge in [-0.1, -0.05) is 0 Å². The summed E-state index contributed by atoms with van der Waals surface area (Å²) in [5, 5.41) is 0. The first kappa shape index (κ1) is 8.29. The Morgan fingerprint density at radius 1 is 1.18 bits per heavy atom. The quantitative estimate of drug-likeness (QED) is 0.505. The van der Waals surface area contributed by atoms with Gasteiger partial charge in [0, 0.05) is 0 Å². The van der Waals surface area contributed by atoms with Crippen LogP contribution in [0.3, 0.4) is 0 Å². The molecule has 0 amide bonds. The third-order valence-electron chi connectivity index (χ3n) is 1.52. The van der Waals surface area contributed by atoms with E-state index in [0.29, 0.717) is 17.2 Å². The first-order chi connectivity index (χ1) is 5.45. The number of halogens is 2. The molecular weight excluding hydrogens is 362 g/mol. The van der Waals surface area contributed by atoms with Crippen LogP contribution in [0.1, 0.15) is 5.56 Å². The Balaban J connectivity index is 1.85. The molecule has 0 atom stereocenters. The molecule has 2 rings (SSSR count). The van der Waals surface area contributed by atoms with E-state index in [4.69, 9.17) is 0 Å². The van der Waals surface area contributed by atoms with Gasteiger partial charge in [-0.25, -0.2) is 0 Å². The van der Waals surface area contributed by atoms with E-state index in [2.05, 4.69) is 30.3 Å². The van der Waals surface area contributed by atoms with Crippen LogP contribution in [0.2, 0.25) is 0 Å². The molecule has 0 aromatic heterocycles. The molecule has 11 heavy (non-hydrogen) atoms. The second-order valence-corrected chi connectivity index (χ2v) is 19.8. The fourth-order valence-corrected chi connectivity index (χ4v) is 19.6. The zero-order valence-electron chi connectivity index (χ0n) is 6.26. The van der Waals surface area contributed by atoms with E-state index < -0.39 is 0 Å². The summed E-state index contributed by atoms with van der Waals surface area (Å²) in [6.07, 6.45) is 0. The van der Waals surface area contributed by atoms with Crippen LogP contribution in [0.15, 0.2) is 30.3 Å². The summed E-state index contributed by atoms with van der Waals surface area (Å²) in [7, 11) is 0. The van der Waals surface area contributed by atoms with Gasteiger partial charge in [0.05, 0.1) is 0 Å². The SMILES string of the molecule is c1ccc(C[I-]I2CC2)cc1. The van der Waals surface area contributed by atoms with E-state index in [9.17, 15) is 0 Å². The molecule has 1 aliphatic rings.